The summed E-state index contributed by atoms with van der Waals surface area (Å²) in [6.07, 6.45) is 0.422. The molecule has 124 valence electrons. The van der Waals surface area contributed by atoms with Crippen molar-refractivity contribution in [1.29, 1.82) is 0 Å². The third kappa shape index (κ3) is 5.08. The number of hydrogen-bond acceptors (Lipinski definition) is 4. The Morgan fingerprint density at radius 3 is 2.23 bits per heavy atom. The molecular weight excluding hydrogens is 302 g/mol. The fourth-order valence-corrected chi connectivity index (χ4v) is 3.48. The van der Waals surface area contributed by atoms with Crippen molar-refractivity contribution in [2.45, 2.75) is 31.7 Å². The summed E-state index contributed by atoms with van der Waals surface area (Å²) in [5.74, 6) is -0.0332. The van der Waals surface area contributed by atoms with Gasteiger partial charge in [-0.15, -0.1) is 0 Å². The molecule has 6 nitrogen and oxygen atoms in total. The largest absolute Gasteiger partial charge is 0.352 e. The molecule has 0 spiro atoms. The van der Waals surface area contributed by atoms with E-state index in [1.165, 1.54) is 4.31 Å². The van der Waals surface area contributed by atoms with Crippen LogP contribution in [0, 0.1) is 0 Å². The first-order valence-electron chi connectivity index (χ1n) is 7.46. The van der Waals surface area contributed by atoms with E-state index < -0.39 is 10.0 Å². The number of rotatable bonds is 9. The van der Waals surface area contributed by atoms with Gasteiger partial charge in [-0.25, -0.2) is 8.42 Å². The van der Waals surface area contributed by atoms with E-state index in [2.05, 4.69) is 10.6 Å². The van der Waals surface area contributed by atoms with E-state index in [1.54, 1.807) is 31.3 Å². The Hall–Kier alpha value is -1.44. The fourth-order valence-electron chi connectivity index (χ4n) is 2.02. The van der Waals surface area contributed by atoms with Gasteiger partial charge in [-0.05, 0) is 24.7 Å². The Balaban J connectivity index is 2.69. The van der Waals surface area contributed by atoms with Gasteiger partial charge in [0.2, 0.25) is 15.9 Å². The van der Waals surface area contributed by atoms with E-state index in [0.717, 1.165) is 5.56 Å². The number of carbonyl (C=O) groups is 1. The Morgan fingerprint density at radius 1 is 1.14 bits per heavy atom. The third-order valence-electron chi connectivity index (χ3n) is 3.36. The van der Waals surface area contributed by atoms with Crippen molar-refractivity contribution in [3.63, 3.8) is 0 Å². The fraction of sp³-hybridized carbons (Fsp3) is 0.533. The second-order valence-electron chi connectivity index (χ2n) is 4.86. The van der Waals surface area contributed by atoms with Crippen LogP contribution in [-0.4, -0.2) is 45.3 Å². The van der Waals surface area contributed by atoms with Gasteiger partial charge >= 0.3 is 0 Å². The first kappa shape index (κ1) is 18.6. The van der Waals surface area contributed by atoms with Gasteiger partial charge in [0, 0.05) is 32.6 Å². The Morgan fingerprint density at radius 2 is 1.73 bits per heavy atom. The summed E-state index contributed by atoms with van der Waals surface area (Å²) >= 11 is 0. The standard InChI is InChI=1S/C15H25N3O3S/c1-4-18(5-2)22(20,21)14-8-6-13(7-9-14)12-17-15(19)10-11-16-3/h6-9,16H,4-5,10-12H2,1-3H3,(H,17,19). The van der Waals surface area contributed by atoms with Gasteiger partial charge < -0.3 is 10.6 Å². The SMILES string of the molecule is CCN(CC)S(=O)(=O)c1ccc(CNC(=O)CCNC)cc1. The molecule has 0 aliphatic heterocycles. The lowest BCUT2D eigenvalue weighted by atomic mass is 10.2. The number of amides is 1. The molecule has 0 heterocycles. The maximum absolute atomic E-state index is 12.3. The van der Waals surface area contributed by atoms with Gasteiger partial charge in [0.15, 0.2) is 0 Å². The number of hydrogen-bond donors (Lipinski definition) is 2. The van der Waals surface area contributed by atoms with Crippen LogP contribution in [0.25, 0.3) is 0 Å². The van der Waals surface area contributed by atoms with Crippen molar-refractivity contribution in [2.75, 3.05) is 26.7 Å². The molecule has 0 bridgehead atoms. The van der Waals surface area contributed by atoms with Crippen LogP contribution in [0.15, 0.2) is 29.2 Å². The van der Waals surface area contributed by atoms with Gasteiger partial charge in [-0.2, -0.15) is 4.31 Å². The van der Waals surface area contributed by atoms with Gasteiger partial charge in [0.1, 0.15) is 0 Å². The molecule has 0 unspecified atom stereocenters. The number of nitrogens with one attached hydrogen (secondary N) is 2. The molecule has 0 fully saturated rings. The molecule has 7 heteroatoms. The zero-order chi connectivity index (χ0) is 16.6. The van der Waals surface area contributed by atoms with Crippen LogP contribution < -0.4 is 10.6 Å². The third-order valence-corrected chi connectivity index (χ3v) is 5.42. The summed E-state index contributed by atoms with van der Waals surface area (Å²) < 4.78 is 26.1. The zero-order valence-electron chi connectivity index (χ0n) is 13.4. The molecule has 2 N–H and O–H groups in total. The van der Waals surface area contributed by atoms with Gasteiger partial charge in [0.05, 0.1) is 4.90 Å². The van der Waals surface area contributed by atoms with Gasteiger partial charge in [-0.1, -0.05) is 26.0 Å². The van der Waals surface area contributed by atoms with E-state index in [1.807, 2.05) is 13.8 Å². The molecule has 0 saturated carbocycles. The Bertz CT molecular complexity index is 566. The summed E-state index contributed by atoms with van der Waals surface area (Å²) in [7, 11) is -1.63. The zero-order valence-corrected chi connectivity index (χ0v) is 14.2. The highest BCUT2D eigenvalue weighted by atomic mass is 32.2. The van der Waals surface area contributed by atoms with Gasteiger partial charge in [0.25, 0.3) is 0 Å². The number of benzene rings is 1. The molecule has 1 amide bonds. The minimum Gasteiger partial charge on any atom is -0.352 e. The molecule has 0 aromatic heterocycles. The summed E-state index contributed by atoms with van der Waals surface area (Å²) in [5, 5.41) is 5.71. The van der Waals surface area contributed by atoms with E-state index >= 15 is 0 Å². The second kappa shape index (κ2) is 8.87. The summed E-state index contributed by atoms with van der Waals surface area (Å²) in [5.41, 5.74) is 0.872. The van der Waals surface area contributed by atoms with E-state index in [9.17, 15) is 13.2 Å². The predicted molar refractivity (Wildman–Crippen MR) is 86.9 cm³/mol. The first-order chi connectivity index (χ1) is 10.5. The molecule has 0 saturated heterocycles. The monoisotopic (exact) mass is 327 g/mol. The Labute approximate surface area is 132 Å². The van der Waals surface area contributed by atoms with E-state index in [0.29, 0.717) is 32.6 Å². The molecule has 1 rings (SSSR count). The van der Waals surface area contributed by atoms with Crippen LogP contribution in [0.4, 0.5) is 0 Å². The van der Waals surface area contributed by atoms with Crippen molar-refractivity contribution >= 4 is 15.9 Å². The van der Waals surface area contributed by atoms with Crippen molar-refractivity contribution < 1.29 is 13.2 Å². The topological polar surface area (TPSA) is 78.5 Å². The van der Waals surface area contributed by atoms with E-state index in [-0.39, 0.29) is 10.8 Å². The highest BCUT2D eigenvalue weighted by Gasteiger charge is 2.21. The minimum absolute atomic E-state index is 0.0332. The average Bonchev–Trinajstić information content (AvgIpc) is 2.52. The quantitative estimate of drug-likeness (QED) is 0.708. The normalized spacial score (nSPS) is 11.6. The van der Waals surface area contributed by atoms with Crippen LogP contribution in [0.5, 0.6) is 0 Å². The molecule has 0 atom stereocenters. The molecule has 0 aliphatic rings. The van der Waals surface area contributed by atoms with Crippen LogP contribution in [0.1, 0.15) is 25.8 Å². The van der Waals surface area contributed by atoms with E-state index in [4.69, 9.17) is 0 Å². The van der Waals surface area contributed by atoms with Crippen LogP contribution in [0.2, 0.25) is 0 Å². The van der Waals surface area contributed by atoms with Crippen LogP contribution in [0.3, 0.4) is 0 Å². The summed E-state index contributed by atoms with van der Waals surface area (Å²) in [4.78, 5) is 11.8. The maximum atomic E-state index is 12.3. The number of carbonyl (C=O) groups excluding carboxylic acids is 1. The highest BCUT2D eigenvalue weighted by molar-refractivity contribution is 7.89. The lowest BCUT2D eigenvalue weighted by molar-refractivity contribution is -0.121. The Kier molecular flexibility index (Phi) is 7.50. The highest BCUT2D eigenvalue weighted by Crippen LogP contribution is 2.16. The number of nitrogens with zero attached hydrogens (tertiary/aromatic N) is 1. The van der Waals surface area contributed by atoms with Crippen molar-refractivity contribution in [2.24, 2.45) is 0 Å². The molecule has 0 aliphatic carbocycles. The van der Waals surface area contributed by atoms with Crippen molar-refractivity contribution in [1.82, 2.24) is 14.9 Å². The molecule has 22 heavy (non-hydrogen) atoms. The lowest BCUT2D eigenvalue weighted by Gasteiger charge is -2.18. The summed E-state index contributed by atoms with van der Waals surface area (Å²) in [6, 6.07) is 6.63. The molecule has 1 aromatic carbocycles. The predicted octanol–water partition coefficient (Wildman–Crippen LogP) is 0.943. The van der Waals surface area contributed by atoms with Crippen LogP contribution in [-0.2, 0) is 21.4 Å². The van der Waals surface area contributed by atoms with Crippen molar-refractivity contribution in [3.05, 3.63) is 29.8 Å². The van der Waals surface area contributed by atoms with Crippen molar-refractivity contribution in [3.8, 4) is 0 Å². The minimum atomic E-state index is -3.42. The smallest absolute Gasteiger partial charge is 0.243 e. The summed E-state index contributed by atoms with van der Waals surface area (Å²) in [6.45, 7) is 5.55. The molecular formula is C15H25N3O3S. The molecule has 0 radical (unpaired) electrons. The first-order valence-corrected chi connectivity index (χ1v) is 8.90. The number of sulfonamides is 1. The maximum Gasteiger partial charge on any atom is 0.243 e. The lowest BCUT2D eigenvalue weighted by Crippen LogP contribution is -2.30. The molecule has 1 aromatic rings. The second-order valence-corrected chi connectivity index (χ2v) is 6.80. The van der Waals surface area contributed by atoms with Gasteiger partial charge in [-0.3, -0.25) is 4.79 Å². The average molecular weight is 327 g/mol. The van der Waals surface area contributed by atoms with Crippen LogP contribution >= 0.6 is 0 Å².